The van der Waals surface area contributed by atoms with Crippen LogP contribution in [-0.4, -0.2) is 11.1 Å². The van der Waals surface area contributed by atoms with Crippen molar-refractivity contribution >= 4 is 17.6 Å². The van der Waals surface area contributed by atoms with Gasteiger partial charge in [-0.15, -0.1) is 0 Å². The smallest absolute Gasteiger partial charge is 0.315 e. The van der Waals surface area contributed by atoms with Crippen LogP contribution in [0.2, 0.25) is 5.02 Å². The molecule has 1 aromatic carbocycles. The third-order valence-electron chi connectivity index (χ3n) is 1.64. The van der Waals surface area contributed by atoms with E-state index in [4.69, 9.17) is 16.7 Å². The predicted molar refractivity (Wildman–Crippen MR) is 55.3 cm³/mol. The molecule has 0 bridgehead atoms. The molecule has 0 saturated carbocycles. The fraction of sp³-hybridized carbons (Fsp3) is 0.182. The van der Waals surface area contributed by atoms with Gasteiger partial charge >= 0.3 is 5.97 Å². The molecule has 0 aromatic heterocycles. The second kappa shape index (κ2) is 4.69. The van der Waals surface area contributed by atoms with Crippen LogP contribution in [0.1, 0.15) is 17.5 Å². The maximum absolute atomic E-state index is 10.2. The van der Waals surface area contributed by atoms with Gasteiger partial charge in [-0.1, -0.05) is 29.5 Å². The van der Waals surface area contributed by atoms with Gasteiger partial charge < -0.3 is 5.11 Å². The summed E-state index contributed by atoms with van der Waals surface area (Å²) in [6.45, 7) is 1.90. The van der Waals surface area contributed by atoms with E-state index in [1.165, 1.54) is 0 Å². The molecule has 0 saturated heterocycles. The zero-order valence-corrected chi connectivity index (χ0v) is 8.43. The topological polar surface area (TPSA) is 37.3 Å². The Labute approximate surface area is 87.5 Å². The van der Waals surface area contributed by atoms with Crippen LogP contribution in [0, 0.1) is 18.8 Å². The van der Waals surface area contributed by atoms with Crippen molar-refractivity contribution in [2.45, 2.75) is 13.3 Å². The van der Waals surface area contributed by atoms with Gasteiger partial charge in [0.15, 0.2) is 0 Å². The van der Waals surface area contributed by atoms with Gasteiger partial charge in [0.25, 0.3) is 0 Å². The Hall–Kier alpha value is -1.46. The van der Waals surface area contributed by atoms with Gasteiger partial charge in [0.2, 0.25) is 0 Å². The van der Waals surface area contributed by atoms with Crippen molar-refractivity contribution < 1.29 is 9.90 Å². The molecule has 0 unspecified atom stereocenters. The zero-order chi connectivity index (χ0) is 10.6. The highest BCUT2D eigenvalue weighted by molar-refractivity contribution is 6.31. The highest BCUT2D eigenvalue weighted by Crippen LogP contribution is 2.15. The summed E-state index contributed by atoms with van der Waals surface area (Å²) in [6, 6.07) is 5.40. The third-order valence-corrected chi connectivity index (χ3v) is 2.05. The molecular formula is C11H9ClO2. The van der Waals surface area contributed by atoms with Gasteiger partial charge in [0.1, 0.15) is 6.42 Å². The van der Waals surface area contributed by atoms with E-state index in [2.05, 4.69) is 11.8 Å². The molecule has 0 spiro atoms. The molecule has 0 amide bonds. The molecule has 72 valence electrons. The van der Waals surface area contributed by atoms with Crippen LogP contribution in [0.5, 0.6) is 0 Å². The lowest BCUT2D eigenvalue weighted by molar-refractivity contribution is -0.135. The normalized spacial score (nSPS) is 9.00. The molecule has 2 nitrogen and oxygen atoms in total. The molecule has 0 radical (unpaired) electrons. The van der Waals surface area contributed by atoms with Crippen molar-refractivity contribution in [3.63, 3.8) is 0 Å². The molecule has 3 heteroatoms. The summed E-state index contributed by atoms with van der Waals surface area (Å²) < 4.78 is 0. The summed E-state index contributed by atoms with van der Waals surface area (Å²) >= 11 is 5.87. The van der Waals surface area contributed by atoms with Gasteiger partial charge in [-0.3, -0.25) is 4.79 Å². The Kier molecular flexibility index (Phi) is 3.55. The molecule has 0 heterocycles. The number of aliphatic carboxylic acids is 1. The summed E-state index contributed by atoms with van der Waals surface area (Å²) in [5.74, 6) is 4.35. The van der Waals surface area contributed by atoms with E-state index in [-0.39, 0.29) is 6.42 Å². The Balaban J connectivity index is 2.81. The molecule has 0 aliphatic carbocycles. The molecule has 1 rings (SSSR count). The average Bonchev–Trinajstić information content (AvgIpc) is 2.10. The first-order valence-electron chi connectivity index (χ1n) is 4.06. The zero-order valence-electron chi connectivity index (χ0n) is 7.67. The molecular weight excluding hydrogens is 200 g/mol. The van der Waals surface area contributed by atoms with Crippen LogP contribution >= 0.6 is 11.6 Å². The van der Waals surface area contributed by atoms with Crippen molar-refractivity contribution in [1.82, 2.24) is 0 Å². The minimum absolute atomic E-state index is 0.147. The Morgan fingerprint density at radius 2 is 2.29 bits per heavy atom. The number of halogens is 1. The first-order valence-corrected chi connectivity index (χ1v) is 4.44. The first kappa shape index (κ1) is 10.6. The van der Waals surface area contributed by atoms with Crippen molar-refractivity contribution in [1.29, 1.82) is 0 Å². The highest BCUT2D eigenvalue weighted by atomic mass is 35.5. The highest BCUT2D eigenvalue weighted by Gasteiger charge is 1.95. The van der Waals surface area contributed by atoms with Crippen molar-refractivity contribution in [2.24, 2.45) is 0 Å². The number of carbonyl (C=O) groups is 1. The summed E-state index contributed by atoms with van der Waals surface area (Å²) in [7, 11) is 0. The molecule has 0 atom stereocenters. The molecule has 1 aromatic rings. The summed E-state index contributed by atoms with van der Waals surface area (Å²) in [6.07, 6.45) is -0.147. The minimum atomic E-state index is -0.921. The number of aryl methyl sites for hydroxylation is 1. The van der Waals surface area contributed by atoms with E-state index in [0.29, 0.717) is 5.02 Å². The second-order valence-electron chi connectivity index (χ2n) is 2.84. The van der Waals surface area contributed by atoms with Crippen molar-refractivity contribution in [2.75, 3.05) is 0 Å². The summed E-state index contributed by atoms with van der Waals surface area (Å²) in [5.41, 5.74) is 1.72. The largest absolute Gasteiger partial charge is 0.481 e. The molecule has 0 fully saturated rings. The van der Waals surface area contributed by atoms with Crippen LogP contribution in [0.15, 0.2) is 18.2 Å². The molecule has 1 N–H and O–H groups in total. The lowest BCUT2D eigenvalue weighted by atomic mass is 10.1. The maximum atomic E-state index is 10.2. The minimum Gasteiger partial charge on any atom is -0.481 e. The van der Waals surface area contributed by atoms with E-state index in [9.17, 15) is 4.79 Å². The fourth-order valence-electron chi connectivity index (χ4n) is 0.892. The number of rotatable bonds is 1. The number of hydrogen-bond donors (Lipinski definition) is 1. The van der Waals surface area contributed by atoms with Gasteiger partial charge in [0, 0.05) is 10.6 Å². The summed E-state index contributed by atoms with van der Waals surface area (Å²) in [4.78, 5) is 10.2. The Morgan fingerprint density at radius 3 is 2.86 bits per heavy atom. The lowest BCUT2D eigenvalue weighted by Gasteiger charge is -1.96. The van der Waals surface area contributed by atoms with Gasteiger partial charge in [-0.2, -0.15) is 0 Å². The Morgan fingerprint density at radius 1 is 1.57 bits per heavy atom. The molecule has 0 aliphatic rings. The van der Waals surface area contributed by atoms with Crippen LogP contribution in [0.25, 0.3) is 0 Å². The van der Waals surface area contributed by atoms with E-state index < -0.39 is 5.97 Å². The van der Waals surface area contributed by atoms with E-state index in [0.717, 1.165) is 11.1 Å². The quantitative estimate of drug-likeness (QED) is 0.720. The van der Waals surface area contributed by atoms with Crippen molar-refractivity contribution in [3.8, 4) is 11.8 Å². The standard InChI is InChI=1S/C11H9ClO2/c1-8-5-6-9(7-10(8)12)3-2-4-11(13)14/h5-7H,4H2,1H3,(H,13,14). The lowest BCUT2D eigenvalue weighted by Crippen LogP contribution is -1.90. The maximum Gasteiger partial charge on any atom is 0.315 e. The summed E-state index contributed by atoms with van der Waals surface area (Å²) in [5, 5.41) is 9.01. The monoisotopic (exact) mass is 208 g/mol. The third kappa shape index (κ3) is 3.12. The van der Waals surface area contributed by atoms with Crippen LogP contribution in [-0.2, 0) is 4.79 Å². The predicted octanol–water partition coefficient (Wildman–Crippen LogP) is 2.47. The average molecular weight is 209 g/mol. The van der Waals surface area contributed by atoms with E-state index in [1.54, 1.807) is 6.07 Å². The first-order chi connectivity index (χ1) is 6.59. The molecule has 0 aliphatic heterocycles. The fourth-order valence-corrected chi connectivity index (χ4v) is 1.07. The Bertz CT molecular complexity index is 413. The van der Waals surface area contributed by atoms with Gasteiger partial charge in [-0.05, 0) is 24.6 Å². The number of carboxylic acid groups (broad SMARTS) is 1. The number of benzene rings is 1. The van der Waals surface area contributed by atoms with Gasteiger partial charge in [0.05, 0.1) is 0 Å². The number of hydrogen-bond acceptors (Lipinski definition) is 1. The van der Waals surface area contributed by atoms with E-state index in [1.807, 2.05) is 19.1 Å². The molecule has 14 heavy (non-hydrogen) atoms. The van der Waals surface area contributed by atoms with Crippen molar-refractivity contribution in [3.05, 3.63) is 34.3 Å². The van der Waals surface area contributed by atoms with Gasteiger partial charge in [-0.25, -0.2) is 0 Å². The van der Waals surface area contributed by atoms with E-state index >= 15 is 0 Å². The van der Waals surface area contributed by atoms with Crippen LogP contribution in [0.3, 0.4) is 0 Å². The second-order valence-corrected chi connectivity index (χ2v) is 3.24. The van der Waals surface area contributed by atoms with Crippen LogP contribution in [0.4, 0.5) is 0 Å². The van der Waals surface area contributed by atoms with Crippen LogP contribution < -0.4 is 0 Å². The number of carboxylic acids is 1. The SMILES string of the molecule is Cc1ccc(C#CCC(=O)O)cc1Cl.